The van der Waals surface area contributed by atoms with Gasteiger partial charge in [-0.25, -0.2) is 0 Å². The predicted octanol–water partition coefficient (Wildman–Crippen LogP) is 17.9. The number of anilines is 3. The fourth-order valence-electron chi connectivity index (χ4n) is 10.5. The first-order valence-electron chi connectivity index (χ1n) is 22.7. The first-order valence-corrected chi connectivity index (χ1v) is 22.7. The van der Waals surface area contributed by atoms with E-state index in [4.69, 9.17) is 8.83 Å². The number of para-hydroxylation sites is 3. The summed E-state index contributed by atoms with van der Waals surface area (Å²) in [6.07, 6.45) is 0. The van der Waals surface area contributed by atoms with Crippen LogP contribution in [0.3, 0.4) is 0 Å². The Labute approximate surface area is 383 Å². The molecule has 0 spiro atoms. The van der Waals surface area contributed by atoms with Crippen molar-refractivity contribution in [3.05, 3.63) is 236 Å². The molecular weight excluding hydrogens is 803 g/mol. The van der Waals surface area contributed by atoms with Gasteiger partial charge in [-0.15, -0.1) is 0 Å². The Morgan fingerprint density at radius 1 is 0.303 bits per heavy atom. The van der Waals surface area contributed by atoms with E-state index < -0.39 is 0 Å². The van der Waals surface area contributed by atoms with Gasteiger partial charge in [-0.1, -0.05) is 178 Å². The van der Waals surface area contributed by atoms with Gasteiger partial charge >= 0.3 is 0 Å². The molecule has 0 atom stereocenters. The molecule has 0 amide bonds. The van der Waals surface area contributed by atoms with Crippen molar-refractivity contribution in [1.29, 1.82) is 0 Å². The molecule has 1 aliphatic rings. The average molecular weight is 846 g/mol. The number of hydrogen-bond donors (Lipinski definition) is 0. The van der Waals surface area contributed by atoms with Crippen LogP contribution in [0.15, 0.2) is 233 Å². The Hall–Kier alpha value is -8.40. The highest BCUT2D eigenvalue weighted by Gasteiger charge is 2.35. The van der Waals surface area contributed by atoms with Crippen molar-refractivity contribution in [2.45, 2.75) is 19.3 Å². The lowest BCUT2D eigenvalue weighted by molar-refractivity contribution is 0.660. The Bertz CT molecular complexity index is 3810. The predicted molar refractivity (Wildman–Crippen MR) is 275 cm³/mol. The minimum absolute atomic E-state index is 0.117. The fourth-order valence-corrected chi connectivity index (χ4v) is 10.5. The van der Waals surface area contributed by atoms with Gasteiger partial charge < -0.3 is 13.7 Å². The van der Waals surface area contributed by atoms with Gasteiger partial charge in [0.15, 0.2) is 0 Å². The smallest absolute Gasteiger partial charge is 0.143 e. The fraction of sp³-hybridized carbons (Fsp3) is 0.0476. The van der Waals surface area contributed by atoms with Crippen LogP contribution < -0.4 is 4.90 Å². The van der Waals surface area contributed by atoms with Gasteiger partial charge in [0.1, 0.15) is 22.3 Å². The van der Waals surface area contributed by atoms with Gasteiger partial charge in [0.2, 0.25) is 0 Å². The third-order valence-electron chi connectivity index (χ3n) is 13.9. The van der Waals surface area contributed by atoms with Gasteiger partial charge in [0.25, 0.3) is 0 Å². The highest BCUT2D eigenvalue weighted by molar-refractivity contribution is 6.10. The molecule has 0 fully saturated rings. The molecule has 66 heavy (non-hydrogen) atoms. The van der Waals surface area contributed by atoms with Crippen molar-refractivity contribution in [3.8, 4) is 55.6 Å². The molecule has 10 aromatic carbocycles. The first-order chi connectivity index (χ1) is 32.4. The SMILES string of the molecule is CC1(C)c2ccccc2-c2ccc(N(c3ccc(-c4ccc(-c5ccc6oc7ccccc7c6c5)cc4)cc3)c3ccc(-c4ccc(-c5cccc6c5oc5ccccc56)cc4)cc3)cc21. The second kappa shape index (κ2) is 14.8. The molecule has 3 nitrogen and oxygen atoms in total. The number of benzene rings is 10. The van der Waals surface area contributed by atoms with Crippen LogP contribution in [0.2, 0.25) is 0 Å². The quantitative estimate of drug-likeness (QED) is 0.160. The summed E-state index contributed by atoms with van der Waals surface area (Å²) < 4.78 is 12.5. The minimum Gasteiger partial charge on any atom is -0.456 e. The lowest BCUT2D eigenvalue weighted by atomic mass is 9.82. The second-order valence-corrected chi connectivity index (χ2v) is 18.1. The van der Waals surface area contributed by atoms with Crippen molar-refractivity contribution in [1.82, 2.24) is 0 Å². The van der Waals surface area contributed by atoms with E-state index in [1.807, 2.05) is 24.3 Å². The van der Waals surface area contributed by atoms with E-state index in [0.717, 1.165) is 83.2 Å². The third-order valence-corrected chi connectivity index (χ3v) is 13.9. The highest BCUT2D eigenvalue weighted by atomic mass is 16.3. The Morgan fingerprint density at radius 3 is 1.42 bits per heavy atom. The number of furan rings is 2. The summed E-state index contributed by atoms with van der Waals surface area (Å²) in [7, 11) is 0. The topological polar surface area (TPSA) is 29.5 Å². The van der Waals surface area contributed by atoms with Crippen molar-refractivity contribution in [2.75, 3.05) is 4.90 Å². The van der Waals surface area contributed by atoms with Crippen LogP contribution in [0.25, 0.3) is 99.5 Å². The highest BCUT2D eigenvalue weighted by Crippen LogP contribution is 2.51. The van der Waals surface area contributed by atoms with Crippen molar-refractivity contribution >= 4 is 60.9 Å². The maximum Gasteiger partial charge on any atom is 0.143 e. The van der Waals surface area contributed by atoms with Gasteiger partial charge in [0.05, 0.1) is 0 Å². The number of nitrogens with zero attached hydrogens (tertiary/aromatic N) is 1. The van der Waals surface area contributed by atoms with Crippen LogP contribution in [0.4, 0.5) is 17.1 Å². The average Bonchev–Trinajstić information content (AvgIpc) is 4.02. The van der Waals surface area contributed by atoms with E-state index in [2.05, 4.69) is 219 Å². The maximum atomic E-state index is 6.37. The first kappa shape index (κ1) is 38.1. The molecule has 312 valence electrons. The third kappa shape index (κ3) is 6.12. The largest absolute Gasteiger partial charge is 0.456 e. The van der Waals surface area contributed by atoms with Crippen LogP contribution in [-0.4, -0.2) is 0 Å². The molecule has 0 saturated carbocycles. The summed E-state index contributed by atoms with van der Waals surface area (Å²) >= 11 is 0. The summed E-state index contributed by atoms with van der Waals surface area (Å²) in [5.41, 5.74) is 21.5. The Balaban J connectivity index is 0.829. The molecule has 0 N–H and O–H groups in total. The molecule has 0 saturated heterocycles. The molecule has 12 aromatic rings. The zero-order valence-corrected chi connectivity index (χ0v) is 36.6. The molecule has 3 heteroatoms. The van der Waals surface area contributed by atoms with E-state index in [9.17, 15) is 0 Å². The number of hydrogen-bond acceptors (Lipinski definition) is 3. The summed E-state index contributed by atoms with van der Waals surface area (Å²) in [6.45, 7) is 4.70. The number of rotatable bonds is 7. The molecule has 0 radical (unpaired) electrons. The van der Waals surface area contributed by atoms with Crippen molar-refractivity contribution in [2.24, 2.45) is 0 Å². The lowest BCUT2D eigenvalue weighted by Crippen LogP contribution is -2.16. The summed E-state index contributed by atoms with van der Waals surface area (Å²) in [5.74, 6) is 0. The molecule has 13 rings (SSSR count). The molecule has 0 unspecified atom stereocenters. The summed E-state index contributed by atoms with van der Waals surface area (Å²) in [5, 5.41) is 4.57. The monoisotopic (exact) mass is 845 g/mol. The van der Waals surface area contributed by atoms with E-state index in [1.54, 1.807) is 0 Å². The molecule has 2 heterocycles. The lowest BCUT2D eigenvalue weighted by Gasteiger charge is -2.28. The minimum atomic E-state index is -0.117. The van der Waals surface area contributed by atoms with Crippen LogP contribution in [0, 0.1) is 0 Å². The molecule has 2 aromatic heterocycles. The standard InChI is InChI=1S/C63H43NO2/c1-63(2)57-15-6-3-10-51(57)52-36-35-49(39-58(52)63)64(47-31-26-42(27-32-47)40-18-20-44(21-19-40)46-30-37-61-56(38-46)54-12-5-7-16-59(54)65-61)48-33-28-43(29-34-48)41-22-24-45(25-23-41)50-13-9-14-55-53-11-4-8-17-60(53)66-62(50)55/h3-39H,1-2H3. The molecular formula is C63H43NO2. The van der Waals surface area contributed by atoms with Gasteiger partial charge in [-0.2, -0.15) is 0 Å². The van der Waals surface area contributed by atoms with Crippen LogP contribution >= 0.6 is 0 Å². The zero-order chi connectivity index (χ0) is 43.9. The van der Waals surface area contributed by atoms with Crippen LogP contribution in [0.5, 0.6) is 0 Å². The Morgan fingerprint density at radius 2 is 0.758 bits per heavy atom. The second-order valence-electron chi connectivity index (χ2n) is 18.1. The van der Waals surface area contributed by atoms with Crippen LogP contribution in [0.1, 0.15) is 25.0 Å². The maximum absolute atomic E-state index is 6.37. The van der Waals surface area contributed by atoms with Crippen LogP contribution in [-0.2, 0) is 5.41 Å². The van der Waals surface area contributed by atoms with Gasteiger partial charge in [0, 0.05) is 49.6 Å². The Kier molecular flexibility index (Phi) is 8.56. The molecule has 0 bridgehead atoms. The van der Waals surface area contributed by atoms with E-state index >= 15 is 0 Å². The summed E-state index contributed by atoms with van der Waals surface area (Å²) in [4.78, 5) is 2.39. The van der Waals surface area contributed by atoms with Gasteiger partial charge in [-0.05, 0) is 122 Å². The summed E-state index contributed by atoms with van der Waals surface area (Å²) in [6, 6.07) is 81.0. The molecule has 0 aliphatic heterocycles. The normalized spacial score (nSPS) is 12.8. The van der Waals surface area contributed by atoms with Crippen molar-refractivity contribution in [3.63, 3.8) is 0 Å². The van der Waals surface area contributed by atoms with Gasteiger partial charge in [-0.3, -0.25) is 0 Å². The van der Waals surface area contributed by atoms with E-state index in [1.165, 1.54) is 44.5 Å². The van der Waals surface area contributed by atoms with Crippen molar-refractivity contribution < 1.29 is 8.83 Å². The van der Waals surface area contributed by atoms with E-state index in [-0.39, 0.29) is 5.41 Å². The molecule has 1 aliphatic carbocycles. The number of fused-ring (bicyclic) bond motifs is 9. The van der Waals surface area contributed by atoms with E-state index in [0.29, 0.717) is 0 Å². The zero-order valence-electron chi connectivity index (χ0n) is 36.6.